The molecule has 0 aliphatic carbocycles. The van der Waals surface area contributed by atoms with Gasteiger partial charge in [0.15, 0.2) is 11.5 Å². The van der Waals surface area contributed by atoms with Gasteiger partial charge in [-0.25, -0.2) is 0 Å². The third-order valence-electron chi connectivity index (χ3n) is 3.73. The lowest BCUT2D eigenvalue weighted by Crippen LogP contribution is -2.31. The van der Waals surface area contributed by atoms with Crippen LogP contribution < -0.4 is 9.47 Å². The highest BCUT2D eigenvalue weighted by atomic mass is 16.7. The molecule has 3 nitrogen and oxygen atoms in total. The van der Waals surface area contributed by atoms with Gasteiger partial charge in [0.1, 0.15) is 0 Å². The Kier molecular flexibility index (Phi) is 2.93. The van der Waals surface area contributed by atoms with Crippen molar-refractivity contribution in [2.45, 2.75) is 32.2 Å². The Labute approximate surface area is 102 Å². The van der Waals surface area contributed by atoms with E-state index in [1.807, 2.05) is 6.07 Å². The van der Waals surface area contributed by atoms with Crippen LogP contribution in [0, 0.1) is 0 Å². The first kappa shape index (κ1) is 10.9. The molecule has 0 spiro atoms. The summed E-state index contributed by atoms with van der Waals surface area (Å²) in [4.78, 5) is 2.57. The minimum absolute atomic E-state index is 0.362. The summed E-state index contributed by atoms with van der Waals surface area (Å²) in [7, 11) is 0. The summed E-state index contributed by atoms with van der Waals surface area (Å²) in [5.41, 5.74) is 1.34. The van der Waals surface area contributed by atoms with Gasteiger partial charge < -0.3 is 14.4 Å². The fraction of sp³-hybridized carbons (Fsp3) is 0.571. The zero-order chi connectivity index (χ0) is 11.7. The van der Waals surface area contributed by atoms with Crippen molar-refractivity contribution in [1.82, 2.24) is 4.90 Å². The quantitative estimate of drug-likeness (QED) is 0.800. The van der Waals surface area contributed by atoms with E-state index in [9.17, 15) is 0 Å². The maximum Gasteiger partial charge on any atom is 0.231 e. The molecule has 0 N–H and O–H groups in total. The first-order valence-corrected chi connectivity index (χ1v) is 6.45. The highest BCUT2D eigenvalue weighted by Gasteiger charge is 2.19. The Morgan fingerprint density at radius 1 is 1.18 bits per heavy atom. The van der Waals surface area contributed by atoms with Crippen molar-refractivity contribution in [2.75, 3.05) is 19.9 Å². The number of hydrogen-bond donors (Lipinski definition) is 0. The maximum atomic E-state index is 5.41. The van der Waals surface area contributed by atoms with Crippen LogP contribution in [-0.4, -0.2) is 30.8 Å². The van der Waals surface area contributed by atoms with E-state index in [-0.39, 0.29) is 0 Å². The minimum atomic E-state index is 0.362. The molecule has 0 unspecified atom stereocenters. The van der Waals surface area contributed by atoms with Gasteiger partial charge in [0, 0.05) is 6.04 Å². The zero-order valence-electron chi connectivity index (χ0n) is 10.3. The molecular weight excluding hydrogens is 214 g/mol. The average Bonchev–Trinajstić information content (AvgIpc) is 2.99. The van der Waals surface area contributed by atoms with Gasteiger partial charge in [-0.2, -0.15) is 0 Å². The number of rotatable bonds is 3. The molecule has 3 rings (SSSR count). The predicted molar refractivity (Wildman–Crippen MR) is 66.5 cm³/mol. The third-order valence-corrected chi connectivity index (χ3v) is 3.73. The van der Waals surface area contributed by atoms with E-state index in [1.54, 1.807) is 0 Å². The Bertz CT molecular complexity index is 399. The molecule has 1 saturated heterocycles. The van der Waals surface area contributed by atoms with Gasteiger partial charge in [0.05, 0.1) is 0 Å². The lowest BCUT2D eigenvalue weighted by molar-refractivity contribution is 0.174. The van der Waals surface area contributed by atoms with Crippen LogP contribution in [0.2, 0.25) is 0 Å². The lowest BCUT2D eigenvalue weighted by atomic mass is 10.1. The molecule has 1 aromatic rings. The Morgan fingerprint density at radius 3 is 2.76 bits per heavy atom. The van der Waals surface area contributed by atoms with Crippen LogP contribution >= 0.6 is 0 Å². The van der Waals surface area contributed by atoms with Crippen LogP contribution in [0.5, 0.6) is 11.5 Å². The number of benzene rings is 1. The van der Waals surface area contributed by atoms with Crippen LogP contribution in [0.3, 0.4) is 0 Å². The van der Waals surface area contributed by atoms with E-state index in [0.717, 1.165) is 17.9 Å². The van der Waals surface area contributed by atoms with Crippen LogP contribution in [0.4, 0.5) is 0 Å². The molecular formula is C14H19NO2. The lowest BCUT2D eigenvalue weighted by Gasteiger charge is -2.23. The van der Waals surface area contributed by atoms with Crippen LogP contribution in [0.1, 0.15) is 25.3 Å². The smallest absolute Gasteiger partial charge is 0.231 e. The Morgan fingerprint density at radius 2 is 1.94 bits per heavy atom. The summed E-state index contributed by atoms with van der Waals surface area (Å²) in [5.74, 6) is 1.78. The Balaban J connectivity index is 1.68. The van der Waals surface area contributed by atoms with E-state index in [0.29, 0.717) is 12.8 Å². The molecule has 2 aliphatic heterocycles. The van der Waals surface area contributed by atoms with E-state index in [4.69, 9.17) is 9.47 Å². The second-order valence-corrected chi connectivity index (χ2v) is 4.98. The molecule has 0 bridgehead atoms. The highest BCUT2D eigenvalue weighted by Crippen LogP contribution is 2.33. The van der Waals surface area contributed by atoms with Gasteiger partial charge in [-0.1, -0.05) is 6.07 Å². The molecule has 0 radical (unpaired) electrons. The van der Waals surface area contributed by atoms with Crippen molar-refractivity contribution in [2.24, 2.45) is 0 Å². The predicted octanol–water partition coefficient (Wildman–Crippen LogP) is 2.44. The standard InChI is InChI=1S/C14H19NO2/c1-11(15-6-2-3-7-15)8-12-4-5-13-14(9-12)17-10-16-13/h4-5,9,11H,2-3,6-8,10H2,1H3/t11-/m1/s1. The van der Waals surface area contributed by atoms with Crippen molar-refractivity contribution in [1.29, 1.82) is 0 Å². The molecule has 2 heterocycles. The molecule has 0 aromatic heterocycles. The molecule has 92 valence electrons. The SMILES string of the molecule is C[C@H](Cc1ccc2c(c1)OCO2)N1CCCC1. The van der Waals surface area contributed by atoms with Crippen LogP contribution in [0.25, 0.3) is 0 Å². The summed E-state index contributed by atoms with van der Waals surface area (Å²) in [6.07, 6.45) is 3.80. The zero-order valence-corrected chi connectivity index (χ0v) is 10.3. The number of ether oxygens (including phenoxy) is 2. The number of fused-ring (bicyclic) bond motifs is 1. The normalized spacial score (nSPS) is 20.8. The largest absolute Gasteiger partial charge is 0.454 e. The van der Waals surface area contributed by atoms with E-state index < -0.39 is 0 Å². The summed E-state index contributed by atoms with van der Waals surface area (Å²) < 4.78 is 10.7. The maximum absolute atomic E-state index is 5.41. The van der Waals surface area contributed by atoms with Crippen molar-refractivity contribution in [3.05, 3.63) is 23.8 Å². The first-order valence-electron chi connectivity index (χ1n) is 6.45. The molecule has 1 atom stereocenters. The topological polar surface area (TPSA) is 21.7 Å². The summed E-state index contributed by atoms with van der Waals surface area (Å²) in [6.45, 7) is 5.19. The fourth-order valence-corrected chi connectivity index (χ4v) is 2.72. The minimum Gasteiger partial charge on any atom is -0.454 e. The number of nitrogens with zero attached hydrogens (tertiary/aromatic N) is 1. The second kappa shape index (κ2) is 4.57. The van der Waals surface area contributed by atoms with E-state index >= 15 is 0 Å². The molecule has 0 amide bonds. The fourth-order valence-electron chi connectivity index (χ4n) is 2.72. The molecule has 17 heavy (non-hydrogen) atoms. The van der Waals surface area contributed by atoms with Gasteiger partial charge in [-0.3, -0.25) is 0 Å². The van der Waals surface area contributed by atoms with E-state index in [2.05, 4.69) is 24.0 Å². The van der Waals surface area contributed by atoms with Crippen LogP contribution in [0.15, 0.2) is 18.2 Å². The molecule has 1 fully saturated rings. The average molecular weight is 233 g/mol. The van der Waals surface area contributed by atoms with Crippen molar-refractivity contribution < 1.29 is 9.47 Å². The monoisotopic (exact) mass is 233 g/mol. The summed E-state index contributed by atoms with van der Waals surface area (Å²) in [6, 6.07) is 6.92. The van der Waals surface area contributed by atoms with Crippen LogP contribution in [-0.2, 0) is 6.42 Å². The van der Waals surface area contributed by atoms with Crippen molar-refractivity contribution in [3.8, 4) is 11.5 Å². The van der Waals surface area contributed by atoms with Gasteiger partial charge in [0.2, 0.25) is 6.79 Å². The molecule has 1 aromatic carbocycles. The number of hydrogen-bond acceptors (Lipinski definition) is 3. The van der Waals surface area contributed by atoms with E-state index in [1.165, 1.54) is 31.5 Å². The summed E-state index contributed by atoms with van der Waals surface area (Å²) >= 11 is 0. The molecule has 3 heteroatoms. The second-order valence-electron chi connectivity index (χ2n) is 4.98. The number of likely N-dealkylation sites (tertiary alicyclic amines) is 1. The third kappa shape index (κ3) is 2.25. The Hall–Kier alpha value is -1.22. The van der Waals surface area contributed by atoms with Gasteiger partial charge in [-0.15, -0.1) is 0 Å². The van der Waals surface area contributed by atoms with Gasteiger partial charge >= 0.3 is 0 Å². The highest BCUT2D eigenvalue weighted by molar-refractivity contribution is 5.44. The first-order chi connectivity index (χ1) is 8.33. The molecule has 2 aliphatic rings. The van der Waals surface area contributed by atoms with Gasteiger partial charge in [-0.05, 0) is 57.0 Å². The van der Waals surface area contributed by atoms with Crippen molar-refractivity contribution in [3.63, 3.8) is 0 Å². The molecule has 0 saturated carbocycles. The van der Waals surface area contributed by atoms with Crippen molar-refractivity contribution >= 4 is 0 Å². The van der Waals surface area contributed by atoms with Gasteiger partial charge in [0.25, 0.3) is 0 Å². The summed E-state index contributed by atoms with van der Waals surface area (Å²) in [5, 5.41) is 0.